The average molecular weight is 293 g/mol. The Labute approximate surface area is 131 Å². The van der Waals surface area contributed by atoms with Crippen LogP contribution in [0.25, 0.3) is 0 Å². The SMILES string of the molecule is C1CCC(CNCC2(C3CCCCC3)CCNCC2)CC1. The quantitative estimate of drug-likeness (QED) is 0.797. The first-order valence-electron chi connectivity index (χ1n) is 9.80. The van der Waals surface area contributed by atoms with E-state index in [1.807, 2.05) is 0 Å². The summed E-state index contributed by atoms with van der Waals surface area (Å²) in [6.07, 6.45) is 17.7. The molecule has 0 radical (unpaired) electrons. The van der Waals surface area contributed by atoms with Gasteiger partial charge in [0.15, 0.2) is 0 Å². The Morgan fingerprint density at radius 1 is 0.810 bits per heavy atom. The number of hydrogen-bond donors (Lipinski definition) is 2. The first kappa shape index (κ1) is 15.8. The Morgan fingerprint density at radius 3 is 2.10 bits per heavy atom. The Balaban J connectivity index is 1.51. The molecule has 0 atom stereocenters. The standard InChI is InChI=1S/C19H36N2/c1-3-7-17(8-4-1)15-21-16-19(11-13-20-14-12-19)18-9-5-2-6-10-18/h17-18,20-21H,1-16H2. The van der Waals surface area contributed by atoms with Gasteiger partial charge in [-0.25, -0.2) is 0 Å². The summed E-state index contributed by atoms with van der Waals surface area (Å²) in [5, 5.41) is 7.53. The van der Waals surface area contributed by atoms with Gasteiger partial charge in [0.2, 0.25) is 0 Å². The van der Waals surface area contributed by atoms with Crippen molar-refractivity contribution in [1.29, 1.82) is 0 Å². The van der Waals surface area contributed by atoms with Crippen LogP contribution in [0.5, 0.6) is 0 Å². The van der Waals surface area contributed by atoms with Crippen molar-refractivity contribution < 1.29 is 0 Å². The molecular weight excluding hydrogens is 256 g/mol. The Morgan fingerprint density at radius 2 is 1.43 bits per heavy atom. The van der Waals surface area contributed by atoms with Gasteiger partial charge in [0.25, 0.3) is 0 Å². The second-order valence-electron chi connectivity index (χ2n) is 8.08. The van der Waals surface area contributed by atoms with E-state index < -0.39 is 0 Å². The van der Waals surface area contributed by atoms with E-state index in [9.17, 15) is 0 Å². The van der Waals surface area contributed by atoms with E-state index in [1.165, 1.54) is 103 Å². The van der Waals surface area contributed by atoms with E-state index in [1.54, 1.807) is 0 Å². The largest absolute Gasteiger partial charge is 0.317 e. The molecule has 1 saturated heterocycles. The second-order valence-corrected chi connectivity index (χ2v) is 8.08. The Bertz CT molecular complexity index is 284. The van der Waals surface area contributed by atoms with Crippen molar-refractivity contribution in [2.24, 2.45) is 17.3 Å². The van der Waals surface area contributed by atoms with Crippen LogP contribution in [0.4, 0.5) is 0 Å². The van der Waals surface area contributed by atoms with E-state index in [-0.39, 0.29) is 0 Å². The zero-order chi connectivity index (χ0) is 14.4. The summed E-state index contributed by atoms with van der Waals surface area (Å²) >= 11 is 0. The normalized spacial score (nSPS) is 28.6. The topological polar surface area (TPSA) is 24.1 Å². The van der Waals surface area contributed by atoms with Gasteiger partial charge in [0.1, 0.15) is 0 Å². The molecule has 0 aromatic heterocycles. The van der Waals surface area contributed by atoms with Crippen LogP contribution >= 0.6 is 0 Å². The molecule has 122 valence electrons. The minimum Gasteiger partial charge on any atom is -0.317 e. The van der Waals surface area contributed by atoms with Crippen molar-refractivity contribution in [3.63, 3.8) is 0 Å². The third kappa shape index (κ3) is 4.22. The lowest BCUT2D eigenvalue weighted by Crippen LogP contribution is -2.49. The third-order valence-corrected chi connectivity index (χ3v) is 6.71. The number of nitrogens with one attached hydrogen (secondary N) is 2. The molecule has 1 aliphatic heterocycles. The van der Waals surface area contributed by atoms with Gasteiger partial charge < -0.3 is 10.6 Å². The average Bonchev–Trinajstić information content (AvgIpc) is 2.58. The summed E-state index contributed by atoms with van der Waals surface area (Å²) in [6.45, 7) is 5.10. The number of hydrogen-bond acceptors (Lipinski definition) is 2. The monoisotopic (exact) mass is 292 g/mol. The van der Waals surface area contributed by atoms with Crippen LogP contribution in [0.1, 0.15) is 77.0 Å². The molecule has 0 aromatic rings. The summed E-state index contributed by atoms with van der Waals surface area (Å²) in [5.41, 5.74) is 0.625. The lowest BCUT2D eigenvalue weighted by molar-refractivity contribution is 0.0722. The van der Waals surface area contributed by atoms with Crippen LogP contribution in [-0.2, 0) is 0 Å². The third-order valence-electron chi connectivity index (χ3n) is 6.71. The molecule has 3 rings (SSSR count). The van der Waals surface area contributed by atoms with Gasteiger partial charge in [-0.1, -0.05) is 38.5 Å². The molecule has 2 nitrogen and oxygen atoms in total. The van der Waals surface area contributed by atoms with Gasteiger partial charge in [-0.05, 0) is 75.4 Å². The minimum atomic E-state index is 0.625. The molecule has 3 fully saturated rings. The molecule has 0 bridgehead atoms. The first-order chi connectivity index (χ1) is 10.4. The minimum absolute atomic E-state index is 0.625. The number of rotatable bonds is 5. The highest BCUT2D eigenvalue weighted by molar-refractivity contribution is 4.93. The fourth-order valence-corrected chi connectivity index (χ4v) is 5.29. The lowest BCUT2D eigenvalue weighted by atomic mass is 9.64. The van der Waals surface area contributed by atoms with Crippen LogP contribution in [-0.4, -0.2) is 26.2 Å². The van der Waals surface area contributed by atoms with Crippen molar-refractivity contribution in [3.8, 4) is 0 Å². The highest BCUT2D eigenvalue weighted by atomic mass is 14.9. The summed E-state index contributed by atoms with van der Waals surface area (Å²) in [6, 6.07) is 0. The Kier molecular flexibility index (Phi) is 5.99. The molecule has 2 heteroatoms. The predicted molar refractivity (Wildman–Crippen MR) is 90.6 cm³/mol. The van der Waals surface area contributed by atoms with E-state index in [0.29, 0.717) is 5.41 Å². The second kappa shape index (κ2) is 7.97. The summed E-state index contributed by atoms with van der Waals surface area (Å²) in [7, 11) is 0. The van der Waals surface area contributed by atoms with Crippen molar-refractivity contribution in [2.45, 2.75) is 77.0 Å². The molecule has 0 spiro atoms. The van der Waals surface area contributed by atoms with Crippen molar-refractivity contribution in [3.05, 3.63) is 0 Å². The number of piperidine rings is 1. The first-order valence-corrected chi connectivity index (χ1v) is 9.80. The molecule has 1 heterocycles. The molecule has 2 saturated carbocycles. The van der Waals surface area contributed by atoms with Crippen molar-refractivity contribution in [1.82, 2.24) is 10.6 Å². The molecule has 21 heavy (non-hydrogen) atoms. The fraction of sp³-hybridized carbons (Fsp3) is 1.00. The maximum Gasteiger partial charge on any atom is 0.00115 e. The van der Waals surface area contributed by atoms with Crippen LogP contribution in [0.2, 0.25) is 0 Å². The van der Waals surface area contributed by atoms with E-state index in [0.717, 1.165) is 11.8 Å². The highest BCUT2D eigenvalue weighted by Gasteiger charge is 2.39. The zero-order valence-corrected chi connectivity index (χ0v) is 14.0. The lowest BCUT2D eigenvalue weighted by Gasteiger charge is -2.46. The van der Waals surface area contributed by atoms with Gasteiger partial charge in [-0.3, -0.25) is 0 Å². The van der Waals surface area contributed by atoms with Crippen LogP contribution < -0.4 is 10.6 Å². The van der Waals surface area contributed by atoms with Gasteiger partial charge >= 0.3 is 0 Å². The van der Waals surface area contributed by atoms with Gasteiger partial charge in [-0.2, -0.15) is 0 Å². The van der Waals surface area contributed by atoms with Gasteiger partial charge in [0, 0.05) is 6.54 Å². The highest BCUT2D eigenvalue weighted by Crippen LogP contribution is 2.44. The molecular formula is C19H36N2. The summed E-state index contributed by atoms with van der Waals surface area (Å²) in [4.78, 5) is 0. The zero-order valence-electron chi connectivity index (χ0n) is 14.0. The molecule has 0 unspecified atom stereocenters. The maximum atomic E-state index is 3.94. The van der Waals surface area contributed by atoms with Crippen LogP contribution in [0, 0.1) is 17.3 Å². The van der Waals surface area contributed by atoms with Crippen LogP contribution in [0.3, 0.4) is 0 Å². The van der Waals surface area contributed by atoms with Crippen molar-refractivity contribution >= 4 is 0 Å². The van der Waals surface area contributed by atoms with E-state index in [2.05, 4.69) is 10.6 Å². The molecule has 0 amide bonds. The molecule has 3 aliphatic rings. The molecule has 2 N–H and O–H groups in total. The van der Waals surface area contributed by atoms with E-state index >= 15 is 0 Å². The Hall–Kier alpha value is -0.0800. The van der Waals surface area contributed by atoms with Crippen molar-refractivity contribution in [2.75, 3.05) is 26.2 Å². The smallest absolute Gasteiger partial charge is 0.00115 e. The maximum absolute atomic E-state index is 3.94. The summed E-state index contributed by atoms with van der Waals surface area (Å²) in [5.74, 6) is 1.98. The summed E-state index contributed by atoms with van der Waals surface area (Å²) < 4.78 is 0. The molecule has 0 aromatic carbocycles. The molecule has 2 aliphatic carbocycles. The van der Waals surface area contributed by atoms with Gasteiger partial charge in [0.05, 0.1) is 0 Å². The van der Waals surface area contributed by atoms with Gasteiger partial charge in [-0.15, -0.1) is 0 Å². The van der Waals surface area contributed by atoms with Crippen LogP contribution in [0.15, 0.2) is 0 Å². The van der Waals surface area contributed by atoms with E-state index in [4.69, 9.17) is 0 Å². The fourth-order valence-electron chi connectivity index (χ4n) is 5.29. The predicted octanol–water partition coefficient (Wildman–Crippen LogP) is 4.11.